The summed E-state index contributed by atoms with van der Waals surface area (Å²) in [5.74, 6) is 0.252. The summed E-state index contributed by atoms with van der Waals surface area (Å²) in [6.07, 6.45) is 1.59. The Labute approximate surface area is 146 Å². The van der Waals surface area contributed by atoms with E-state index in [2.05, 4.69) is 26.5 Å². The highest BCUT2D eigenvalue weighted by atomic mass is 79.9. The number of benzene rings is 1. The second kappa shape index (κ2) is 7.76. The summed E-state index contributed by atoms with van der Waals surface area (Å²) in [4.78, 5) is 12.7. The zero-order chi connectivity index (χ0) is 16.1. The third kappa shape index (κ3) is 4.32. The van der Waals surface area contributed by atoms with Gasteiger partial charge in [-0.05, 0) is 58.4 Å². The summed E-state index contributed by atoms with van der Waals surface area (Å²) in [6, 6.07) is 5.62. The first-order chi connectivity index (χ1) is 10.5. The van der Waals surface area contributed by atoms with Crippen LogP contribution in [-0.2, 0) is 4.79 Å². The van der Waals surface area contributed by atoms with Gasteiger partial charge in [-0.25, -0.2) is 5.43 Å². The number of hydrazone groups is 1. The highest BCUT2D eigenvalue weighted by Crippen LogP contribution is 2.35. The van der Waals surface area contributed by atoms with Gasteiger partial charge in [0.25, 0.3) is 5.91 Å². The summed E-state index contributed by atoms with van der Waals surface area (Å²) in [7, 11) is 0. The number of aryl methyl sites for hydroxylation is 1. The Morgan fingerprint density at radius 2 is 2.32 bits per heavy atom. The number of halogens is 2. The van der Waals surface area contributed by atoms with E-state index in [1.165, 1.54) is 0 Å². The zero-order valence-electron chi connectivity index (χ0n) is 12.0. The molecule has 2 rings (SSSR count). The number of nitrogens with zero attached hydrogens (tertiary/aromatic N) is 1. The molecular weight excluding hydrogens is 388 g/mol. The molecule has 22 heavy (non-hydrogen) atoms. The molecule has 1 heterocycles. The maximum atomic E-state index is 11.7. The van der Waals surface area contributed by atoms with E-state index in [0.717, 1.165) is 20.5 Å². The van der Waals surface area contributed by atoms with Gasteiger partial charge >= 0.3 is 0 Å². The van der Waals surface area contributed by atoms with Crippen LogP contribution in [-0.4, -0.2) is 18.7 Å². The Morgan fingerprint density at radius 1 is 1.55 bits per heavy atom. The average molecular weight is 402 g/mol. The maximum Gasteiger partial charge on any atom is 0.277 e. The monoisotopic (exact) mass is 400 g/mol. The molecule has 0 aliphatic rings. The normalized spacial score (nSPS) is 10.9. The third-order valence-corrected chi connectivity index (χ3v) is 5.23. The number of carbonyl (C=O) groups excluding carboxylic acids is 1. The highest BCUT2D eigenvalue weighted by Gasteiger charge is 2.12. The van der Waals surface area contributed by atoms with Crippen LogP contribution in [0.4, 0.5) is 0 Å². The summed E-state index contributed by atoms with van der Waals surface area (Å²) >= 11 is 11.1. The molecule has 0 fully saturated rings. The van der Waals surface area contributed by atoms with Gasteiger partial charge in [0.2, 0.25) is 0 Å². The SMILES string of the molecule is Cc1cc(OCC(=O)N/N=C/c2cccs2)c(Br)c(C)c1Cl. The van der Waals surface area contributed by atoms with Gasteiger partial charge in [0.15, 0.2) is 6.61 Å². The molecule has 1 N–H and O–H groups in total. The number of thiophene rings is 1. The van der Waals surface area contributed by atoms with Crippen LogP contribution in [0, 0.1) is 13.8 Å². The van der Waals surface area contributed by atoms with Gasteiger partial charge in [0.1, 0.15) is 5.75 Å². The van der Waals surface area contributed by atoms with Crippen LogP contribution in [0.5, 0.6) is 5.75 Å². The maximum absolute atomic E-state index is 11.7. The molecule has 0 saturated heterocycles. The first-order valence-corrected chi connectivity index (χ1v) is 8.47. The quantitative estimate of drug-likeness (QED) is 0.599. The predicted molar refractivity (Wildman–Crippen MR) is 94.2 cm³/mol. The van der Waals surface area contributed by atoms with Gasteiger partial charge in [0, 0.05) is 9.90 Å². The molecule has 0 saturated carbocycles. The minimum Gasteiger partial charge on any atom is -0.483 e. The van der Waals surface area contributed by atoms with E-state index in [0.29, 0.717) is 10.8 Å². The van der Waals surface area contributed by atoms with Crippen LogP contribution >= 0.6 is 38.9 Å². The summed E-state index contributed by atoms with van der Waals surface area (Å²) in [5, 5.41) is 6.49. The van der Waals surface area contributed by atoms with Crippen molar-refractivity contribution in [2.75, 3.05) is 6.61 Å². The molecule has 1 aromatic heterocycles. The summed E-state index contributed by atoms with van der Waals surface area (Å²) < 4.78 is 6.26. The van der Waals surface area contributed by atoms with Gasteiger partial charge in [-0.2, -0.15) is 5.10 Å². The Morgan fingerprint density at radius 3 is 3.00 bits per heavy atom. The van der Waals surface area contributed by atoms with E-state index >= 15 is 0 Å². The lowest BCUT2D eigenvalue weighted by Gasteiger charge is -2.12. The Hall–Kier alpha value is -1.37. The molecule has 0 spiro atoms. The highest BCUT2D eigenvalue weighted by molar-refractivity contribution is 9.10. The molecule has 0 unspecified atom stereocenters. The Bertz CT molecular complexity index is 702. The van der Waals surface area contributed by atoms with Gasteiger partial charge < -0.3 is 4.74 Å². The van der Waals surface area contributed by atoms with E-state index in [1.54, 1.807) is 23.6 Å². The van der Waals surface area contributed by atoms with Crippen molar-refractivity contribution in [1.29, 1.82) is 0 Å². The molecule has 0 bridgehead atoms. The number of amides is 1. The molecule has 116 valence electrons. The lowest BCUT2D eigenvalue weighted by atomic mass is 10.1. The van der Waals surface area contributed by atoms with E-state index < -0.39 is 0 Å². The van der Waals surface area contributed by atoms with Crippen molar-refractivity contribution in [3.05, 3.63) is 49.1 Å². The fourth-order valence-corrected chi connectivity index (χ4v) is 2.99. The summed E-state index contributed by atoms with van der Waals surface area (Å²) in [6.45, 7) is 3.65. The largest absolute Gasteiger partial charge is 0.483 e. The molecule has 0 radical (unpaired) electrons. The van der Waals surface area contributed by atoms with Gasteiger partial charge in [-0.3, -0.25) is 4.79 Å². The fraction of sp³-hybridized carbons (Fsp3) is 0.200. The van der Waals surface area contributed by atoms with E-state index in [9.17, 15) is 4.79 Å². The van der Waals surface area contributed by atoms with E-state index in [-0.39, 0.29) is 12.5 Å². The zero-order valence-corrected chi connectivity index (χ0v) is 15.2. The topological polar surface area (TPSA) is 50.7 Å². The molecule has 2 aromatic rings. The molecule has 7 heteroatoms. The van der Waals surface area contributed by atoms with Gasteiger partial charge in [-0.15, -0.1) is 11.3 Å². The Kier molecular flexibility index (Phi) is 5.99. The number of hydrogen-bond acceptors (Lipinski definition) is 4. The number of hydrogen-bond donors (Lipinski definition) is 1. The molecule has 1 amide bonds. The van der Waals surface area contributed by atoms with Crippen molar-refractivity contribution in [3.8, 4) is 5.75 Å². The van der Waals surface area contributed by atoms with Crippen LogP contribution < -0.4 is 10.2 Å². The number of nitrogens with one attached hydrogen (secondary N) is 1. The standard InChI is InChI=1S/C15H14BrClN2O2S/c1-9-6-12(14(16)10(2)15(9)17)21-8-13(20)19-18-7-11-4-3-5-22-11/h3-7H,8H2,1-2H3,(H,19,20)/b18-7+. The van der Waals surface area contributed by atoms with Gasteiger partial charge in [0.05, 0.1) is 10.7 Å². The molecule has 4 nitrogen and oxygen atoms in total. The number of rotatable bonds is 5. The molecule has 0 aliphatic heterocycles. The van der Waals surface area contributed by atoms with E-state index in [4.69, 9.17) is 16.3 Å². The number of ether oxygens (including phenoxy) is 1. The van der Waals surface area contributed by atoms with E-state index in [1.807, 2.05) is 31.4 Å². The second-order valence-corrected chi connectivity index (χ2v) is 6.69. The molecule has 1 aromatic carbocycles. The predicted octanol–water partition coefficient (Wildman–Crippen LogP) is 4.31. The third-order valence-electron chi connectivity index (χ3n) is 2.85. The van der Waals surface area contributed by atoms with Crippen molar-refractivity contribution < 1.29 is 9.53 Å². The first-order valence-electron chi connectivity index (χ1n) is 6.42. The van der Waals surface area contributed by atoms with Crippen molar-refractivity contribution in [2.45, 2.75) is 13.8 Å². The summed E-state index contributed by atoms with van der Waals surface area (Å²) in [5.41, 5.74) is 4.20. The first kappa shape index (κ1) is 17.0. The van der Waals surface area contributed by atoms with Crippen molar-refractivity contribution in [2.24, 2.45) is 5.10 Å². The van der Waals surface area contributed by atoms with Crippen LogP contribution in [0.1, 0.15) is 16.0 Å². The average Bonchev–Trinajstić information content (AvgIpc) is 3.01. The fourth-order valence-electron chi connectivity index (χ4n) is 1.71. The van der Waals surface area contributed by atoms with Crippen molar-refractivity contribution in [1.82, 2.24) is 5.43 Å². The molecular formula is C15H14BrClN2O2S. The van der Waals surface area contributed by atoms with Crippen molar-refractivity contribution in [3.63, 3.8) is 0 Å². The smallest absolute Gasteiger partial charge is 0.277 e. The lowest BCUT2D eigenvalue weighted by Crippen LogP contribution is -2.24. The van der Waals surface area contributed by atoms with Gasteiger partial charge in [-0.1, -0.05) is 17.7 Å². The minimum absolute atomic E-state index is 0.124. The van der Waals surface area contributed by atoms with Crippen LogP contribution in [0.15, 0.2) is 33.2 Å². The van der Waals surface area contributed by atoms with Crippen LogP contribution in [0.2, 0.25) is 5.02 Å². The minimum atomic E-state index is -0.329. The molecule has 0 aliphatic carbocycles. The number of carbonyl (C=O) groups is 1. The van der Waals surface area contributed by atoms with Crippen LogP contribution in [0.3, 0.4) is 0 Å². The van der Waals surface area contributed by atoms with Crippen molar-refractivity contribution >= 4 is 51.0 Å². The second-order valence-electron chi connectivity index (χ2n) is 4.54. The molecule has 0 atom stereocenters. The van der Waals surface area contributed by atoms with Crippen LogP contribution in [0.25, 0.3) is 0 Å². The lowest BCUT2D eigenvalue weighted by molar-refractivity contribution is -0.123. The Balaban J connectivity index is 1.91.